The number of hydrogen-bond donors (Lipinski definition) is 3. The quantitative estimate of drug-likeness (QED) is 0.0597. The van der Waals surface area contributed by atoms with Crippen molar-refractivity contribution in [2.75, 3.05) is 42.3 Å². The summed E-state index contributed by atoms with van der Waals surface area (Å²) in [4.78, 5) is 255. The van der Waals surface area contributed by atoms with E-state index < -0.39 is 323 Å². The number of nitrogens with zero attached hydrogens (tertiary/aromatic N) is 6. The van der Waals surface area contributed by atoms with Crippen LogP contribution < -0.4 is 16.0 Å². The highest BCUT2D eigenvalue weighted by Crippen LogP contribution is 2.32. The molecule has 3 rings (SSSR count). The molecule has 36 nitrogen and oxygen atoms in total. The zero-order valence-corrected chi connectivity index (χ0v) is 91.2. The molecule has 0 aliphatic carbocycles. The molecule has 24 atom stereocenters. The second kappa shape index (κ2) is 57.4. The minimum atomic E-state index is -1.29. The van der Waals surface area contributed by atoms with Gasteiger partial charge in [0.2, 0.25) is 0 Å². The van der Waals surface area contributed by atoms with Crippen molar-refractivity contribution in [2.24, 2.45) is 107 Å². The fraction of sp³-hybridized carbons (Fsp3) is 0.824. The van der Waals surface area contributed by atoms with Gasteiger partial charge < -0.3 is 88.0 Å². The molecule has 792 valence electrons. The minimum absolute atomic E-state index is 0.431. The van der Waals surface area contributed by atoms with E-state index in [1.807, 2.05) is 41.5 Å². The highest BCUT2D eigenvalue weighted by Gasteiger charge is 2.51. The maximum absolute atomic E-state index is 14.0. The maximum atomic E-state index is 14.0. The molecule has 0 radical (unpaired) electrons. The largest absolute Gasteiger partial charge is 0.450 e. The molecule has 138 heavy (non-hydrogen) atoms. The van der Waals surface area contributed by atoms with E-state index in [2.05, 4.69) is 16.0 Å². The van der Waals surface area contributed by atoms with E-state index >= 15 is 0 Å². The summed E-state index contributed by atoms with van der Waals surface area (Å²) >= 11 is 0. The third kappa shape index (κ3) is 33.9. The van der Waals surface area contributed by atoms with Crippen LogP contribution in [0.3, 0.4) is 0 Å². The van der Waals surface area contributed by atoms with Gasteiger partial charge in [-0.25, -0.2) is 43.2 Å². The van der Waals surface area contributed by atoms with Gasteiger partial charge in [-0.15, -0.1) is 0 Å². The van der Waals surface area contributed by atoms with Gasteiger partial charge in [-0.2, -0.15) is 0 Å². The molecule has 0 aromatic carbocycles. The molecule has 0 bridgehead atoms. The van der Waals surface area contributed by atoms with Gasteiger partial charge in [0.25, 0.3) is 53.2 Å². The van der Waals surface area contributed by atoms with Crippen molar-refractivity contribution in [3.05, 3.63) is 0 Å². The van der Waals surface area contributed by atoms with Gasteiger partial charge >= 0.3 is 53.7 Å². The monoisotopic (exact) mass is 1960 g/mol. The Morgan fingerprint density at radius 3 is 0.471 bits per heavy atom. The number of rotatable bonds is 24. The van der Waals surface area contributed by atoms with E-state index in [4.69, 9.17) is 42.6 Å². The van der Waals surface area contributed by atoms with E-state index in [0.717, 1.165) is 0 Å². The standard InChI is InChI=1S/3C34H59N3O9/c1-15-21(11)27-29(38)35-23(17(3)4)32(41)46-28(22(12)16-2)31(40)37(14)24(18(5)6)33(42)44-26(20(9)10)30(39)36(13)25(19(7)8)34(43)45-27;1-15-21(11)27-29(38)35-23(17(3)4)32(41)44-26(20(9)10)30(39)36(13)25(19(7)8)34(43)46-28(22(12)16-2)31(40)37(14)24(18(5)6)33(42)45-27;1-15-21(11)27-30(39)37(14)25(19(7)8)34(43)46-28(22(12)16-2)31(40)36(13)24(18(5)6)33(42)44-26(20(9)10)29(38)35-23(17(3)4)32(41)45-27/h3*17-28H,15-16H2,1-14H3,(H,35,38)/t3*21-,22-,23-,24-,25-,26+,27+,28+/m000/s1. The lowest BCUT2D eigenvalue weighted by molar-refractivity contribution is -0.179. The van der Waals surface area contributed by atoms with Crippen LogP contribution in [0, 0.1) is 107 Å². The van der Waals surface area contributed by atoms with Crippen LogP contribution in [0.2, 0.25) is 0 Å². The minimum Gasteiger partial charge on any atom is -0.450 e. The van der Waals surface area contributed by atoms with Crippen molar-refractivity contribution in [1.82, 2.24) is 45.3 Å². The van der Waals surface area contributed by atoms with Crippen LogP contribution in [0.4, 0.5) is 0 Å². The first kappa shape index (κ1) is 126. The van der Waals surface area contributed by atoms with E-state index in [0.29, 0.717) is 38.5 Å². The van der Waals surface area contributed by atoms with Gasteiger partial charge in [0, 0.05) is 77.8 Å². The average molecular weight is 1960 g/mol. The zero-order chi connectivity index (χ0) is 107. The molecule has 36 heteroatoms. The molecule has 0 spiro atoms. The van der Waals surface area contributed by atoms with Gasteiger partial charge in [-0.05, 0) is 110 Å². The molecular weight excluding hydrogens is 1780 g/mol. The lowest BCUT2D eigenvalue weighted by Crippen LogP contribution is -2.57. The fourth-order valence-corrected chi connectivity index (χ4v) is 16.5. The number of hydrogen-bond acceptors (Lipinski definition) is 27. The molecule has 0 aromatic rings. The van der Waals surface area contributed by atoms with E-state index in [9.17, 15) is 86.3 Å². The normalized spacial score (nSPS) is 28.1. The number of esters is 9. The Kier molecular flexibility index (Phi) is 52.6. The lowest BCUT2D eigenvalue weighted by Gasteiger charge is -2.37. The molecule has 0 aromatic heterocycles. The summed E-state index contributed by atoms with van der Waals surface area (Å²) in [6, 6.07) is -10.2. The Morgan fingerprint density at radius 2 is 0.312 bits per heavy atom. The van der Waals surface area contributed by atoms with Crippen LogP contribution in [0.5, 0.6) is 0 Å². The molecule has 3 fully saturated rings. The van der Waals surface area contributed by atoms with Gasteiger partial charge in [0.1, 0.15) is 54.4 Å². The Labute approximate surface area is 823 Å². The summed E-state index contributed by atoms with van der Waals surface area (Å²) in [7, 11) is 8.65. The topological polar surface area (TPSA) is 446 Å². The van der Waals surface area contributed by atoms with Crippen LogP contribution >= 0.6 is 0 Å². The zero-order valence-electron chi connectivity index (χ0n) is 91.2. The Hall–Kier alpha value is -9.54. The summed E-state index contributed by atoms with van der Waals surface area (Å²) in [5.74, 6) is -21.0. The highest BCUT2D eigenvalue weighted by atomic mass is 16.6. The molecule has 0 unspecified atom stereocenters. The number of amides is 9. The predicted octanol–water partition coefficient (Wildman–Crippen LogP) is 10.8. The Bertz CT molecular complexity index is 4030. The molecule has 9 amide bonds. The number of ether oxygens (including phenoxy) is 9. The number of cyclic esters (lactones) is 9. The first-order valence-electron chi connectivity index (χ1n) is 50.0. The van der Waals surface area contributed by atoms with Crippen LogP contribution in [0.1, 0.15) is 288 Å². The molecule has 3 aliphatic heterocycles. The molecular formula is C102H177N9O27. The number of carbonyl (C=O) groups is 18. The SMILES string of the molecule is CC[C@H](C)[C@H]1OC(=O)[C@H](C(C)C)N(C)C(=O)[C@@H](C(C)C)OC(=O)[C@H](C(C)C)N(C)C(=O)[C@@H]([C@@H](C)CC)OC(=O)[C@H](C(C)C)NC1=O.CC[C@H](C)[C@H]1OC(=O)[C@H](C(C)C)N(C)C(=O)[C@@H]([C@@H](C)CC)OC(=O)[C@H](C(C)C)N(C)C(=O)[C@@H](C(C)C)OC(=O)[C@H](C(C)C)NC1=O.CC[C@H](C)[C@H]1OC(=O)[C@H](C(C)C)NC(=O)[C@@H](C(C)C)OC(=O)[C@H](C(C)C)N(C)C(=O)[C@@H]([C@@H](C)CC)OC(=O)[C@H](C(C)C)N(C)C1=O. The summed E-state index contributed by atoms with van der Waals surface area (Å²) in [6.45, 7) is 63.1. The van der Waals surface area contributed by atoms with E-state index in [1.54, 1.807) is 208 Å². The molecule has 0 saturated carbocycles. The fourth-order valence-electron chi connectivity index (χ4n) is 16.5. The van der Waals surface area contributed by atoms with Crippen molar-refractivity contribution in [3.8, 4) is 0 Å². The van der Waals surface area contributed by atoms with Gasteiger partial charge in [-0.3, -0.25) is 43.2 Å². The van der Waals surface area contributed by atoms with Gasteiger partial charge in [-0.1, -0.05) is 249 Å². The summed E-state index contributed by atoms with van der Waals surface area (Å²) < 4.78 is 52.5. The van der Waals surface area contributed by atoms with Gasteiger partial charge in [0.15, 0.2) is 54.9 Å². The Balaban J connectivity index is 0.00000103. The smallest absolute Gasteiger partial charge is 0.329 e. The van der Waals surface area contributed by atoms with Crippen molar-refractivity contribution >= 4 is 107 Å². The molecule has 3 N–H and O–H groups in total. The third-order valence-corrected chi connectivity index (χ3v) is 26.7. The van der Waals surface area contributed by atoms with Crippen molar-refractivity contribution in [2.45, 2.75) is 397 Å². The predicted molar refractivity (Wildman–Crippen MR) is 519 cm³/mol. The van der Waals surface area contributed by atoms with Crippen molar-refractivity contribution in [1.29, 1.82) is 0 Å². The average Bonchev–Trinajstić information content (AvgIpc) is 0.804. The Morgan fingerprint density at radius 1 is 0.181 bits per heavy atom. The first-order chi connectivity index (χ1) is 63.7. The van der Waals surface area contributed by atoms with Crippen molar-refractivity contribution in [3.63, 3.8) is 0 Å². The van der Waals surface area contributed by atoms with E-state index in [1.165, 1.54) is 71.7 Å². The van der Waals surface area contributed by atoms with Crippen LogP contribution in [-0.4, -0.2) is 288 Å². The summed E-state index contributed by atoms with van der Waals surface area (Å²) in [6.07, 6.45) is -8.61. The van der Waals surface area contributed by atoms with Crippen molar-refractivity contribution < 1.29 is 129 Å². The summed E-state index contributed by atoms with van der Waals surface area (Å²) in [5.41, 5.74) is 0. The molecule has 3 aliphatic rings. The second-order valence-corrected chi connectivity index (χ2v) is 42.3. The lowest BCUT2D eigenvalue weighted by atomic mass is 9.96. The van der Waals surface area contributed by atoms with E-state index in [-0.39, 0.29) is 0 Å². The number of likely N-dealkylation sites (N-methyl/N-ethyl adjacent to an activating group) is 6. The second-order valence-electron chi connectivity index (χ2n) is 42.3. The first-order valence-corrected chi connectivity index (χ1v) is 50.0. The third-order valence-electron chi connectivity index (χ3n) is 26.7. The molecule has 3 heterocycles. The maximum Gasteiger partial charge on any atom is 0.329 e. The molecule has 3 saturated heterocycles. The number of carbonyl (C=O) groups excluding carboxylic acids is 18. The van der Waals surface area contributed by atoms with Crippen LogP contribution in [0.25, 0.3) is 0 Å². The number of nitrogens with one attached hydrogen (secondary N) is 3. The summed E-state index contributed by atoms with van der Waals surface area (Å²) in [5, 5.41) is 8.09. The van der Waals surface area contributed by atoms with Crippen LogP contribution in [-0.2, 0) is 129 Å². The van der Waals surface area contributed by atoms with Crippen LogP contribution in [0.15, 0.2) is 0 Å². The van der Waals surface area contributed by atoms with Gasteiger partial charge in [0.05, 0.1) is 0 Å². The highest BCUT2D eigenvalue weighted by molar-refractivity contribution is 5.98.